The monoisotopic (exact) mass is 333 g/mol. The lowest BCUT2D eigenvalue weighted by atomic mass is 10.0. The summed E-state index contributed by atoms with van der Waals surface area (Å²) in [4.78, 5) is 0. The minimum absolute atomic E-state index is 0. The zero-order valence-corrected chi connectivity index (χ0v) is 13.3. The largest absolute Gasteiger partial charge is 0.489 e. The van der Waals surface area contributed by atoms with Gasteiger partial charge in [0.1, 0.15) is 11.9 Å². The summed E-state index contributed by atoms with van der Waals surface area (Å²) >= 11 is 3.60. The maximum atomic E-state index is 6.03. The van der Waals surface area contributed by atoms with Crippen molar-refractivity contribution in [1.82, 2.24) is 5.32 Å². The molecule has 1 N–H and O–H groups in total. The summed E-state index contributed by atoms with van der Waals surface area (Å²) < 4.78 is 7.11. The van der Waals surface area contributed by atoms with E-state index < -0.39 is 0 Å². The topological polar surface area (TPSA) is 21.3 Å². The van der Waals surface area contributed by atoms with Crippen LogP contribution < -0.4 is 10.1 Å². The second-order valence-corrected chi connectivity index (χ2v) is 5.77. The molecule has 1 aromatic rings. The fourth-order valence-electron chi connectivity index (χ4n) is 2.06. The highest BCUT2D eigenvalue weighted by Crippen LogP contribution is 2.30. The van der Waals surface area contributed by atoms with Gasteiger partial charge in [0.05, 0.1) is 4.47 Å². The molecule has 1 fully saturated rings. The first-order chi connectivity index (χ1) is 8.16. The van der Waals surface area contributed by atoms with Crippen LogP contribution in [0.25, 0.3) is 0 Å². The van der Waals surface area contributed by atoms with Gasteiger partial charge < -0.3 is 10.1 Å². The molecule has 0 saturated carbocycles. The molecule has 0 spiro atoms. The van der Waals surface area contributed by atoms with E-state index in [2.05, 4.69) is 53.3 Å². The van der Waals surface area contributed by atoms with Crippen LogP contribution in [0.4, 0.5) is 0 Å². The van der Waals surface area contributed by atoms with Gasteiger partial charge in [-0.2, -0.15) is 0 Å². The Bertz CT molecular complexity index is 378. The van der Waals surface area contributed by atoms with E-state index in [1.165, 1.54) is 5.56 Å². The first-order valence-electron chi connectivity index (χ1n) is 6.33. The summed E-state index contributed by atoms with van der Waals surface area (Å²) in [5.41, 5.74) is 1.34. The Balaban J connectivity index is 0.00000162. The van der Waals surface area contributed by atoms with Crippen LogP contribution in [0.15, 0.2) is 22.7 Å². The zero-order chi connectivity index (χ0) is 12.3. The van der Waals surface area contributed by atoms with E-state index in [9.17, 15) is 0 Å². The van der Waals surface area contributed by atoms with E-state index in [1.54, 1.807) is 0 Å². The molecule has 0 amide bonds. The minimum atomic E-state index is 0. The number of ether oxygens (including phenoxy) is 1. The van der Waals surface area contributed by atoms with E-state index in [1.807, 2.05) is 0 Å². The molecule has 1 aliphatic rings. The molecule has 0 bridgehead atoms. The smallest absolute Gasteiger partial charge is 0.133 e. The predicted octanol–water partition coefficient (Wildman–Crippen LogP) is 4.13. The van der Waals surface area contributed by atoms with Gasteiger partial charge in [-0.25, -0.2) is 0 Å². The van der Waals surface area contributed by atoms with Crippen molar-refractivity contribution in [3.8, 4) is 5.75 Å². The summed E-state index contributed by atoms with van der Waals surface area (Å²) in [7, 11) is 0. The number of hydrogen-bond acceptors (Lipinski definition) is 2. The van der Waals surface area contributed by atoms with E-state index in [0.29, 0.717) is 12.0 Å². The van der Waals surface area contributed by atoms with Crippen LogP contribution in [0.2, 0.25) is 0 Å². The zero-order valence-electron chi connectivity index (χ0n) is 10.9. The minimum Gasteiger partial charge on any atom is -0.489 e. The highest BCUT2D eigenvalue weighted by molar-refractivity contribution is 9.10. The average molecular weight is 335 g/mol. The van der Waals surface area contributed by atoms with Gasteiger partial charge in [0, 0.05) is 0 Å². The molecule has 2 rings (SSSR count). The summed E-state index contributed by atoms with van der Waals surface area (Å²) in [6.07, 6.45) is 2.55. The normalized spacial score (nSPS) is 16.4. The van der Waals surface area contributed by atoms with Crippen molar-refractivity contribution in [3.05, 3.63) is 28.2 Å². The van der Waals surface area contributed by atoms with Gasteiger partial charge in [-0.1, -0.05) is 19.9 Å². The van der Waals surface area contributed by atoms with Gasteiger partial charge >= 0.3 is 0 Å². The average Bonchev–Trinajstić information content (AvgIpc) is 2.33. The summed E-state index contributed by atoms with van der Waals surface area (Å²) in [6, 6.07) is 6.41. The molecule has 0 atom stereocenters. The number of halogens is 2. The number of nitrogens with one attached hydrogen (secondary N) is 1. The van der Waals surface area contributed by atoms with Crippen LogP contribution in [-0.4, -0.2) is 19.2 Å². The third-order valence-corrected chi connectivity index (χ3v) is 3.82. The quantitative estimate of drug-likeness (QED) is 0.897. The fourth-order valence-corrected chi connectivity index (χ4v) is 2.55. The van der Waals surface area contributed by atoms with Gasteiger partial charge in [0.25, 0.3) is 0 Å². The van der Waals surface area contributed by atoms with Crippen molar-refractivity contribution in [2.45, 2.75) is 38.7 Å². The Morgan fingerprint density at radius 3 is 2.50 bits per heavy atom. The van der Waals surface area contributed by atoms with Crippen LogP contribution in [-0.2, 0) is 0 Å². The van der Waals surface area contributed by atoms with Crippen LogP contribution in [0.3, 0.4) is 0 Å². The van der Waals surface area contributed by atoms with Crippen molar-refractivity contribution < 1.29 is 4.74 Å². The fraction of sp³-hybridized carbons (Fsp3) is 0.571. The molecule has 0 aromatic heterocycles. The summed E-state index contributed by atoms with van der Waals surface area (Å²) in [6.45, 7) is 6.53. The van der Waals surface area contributed by atoms with Gasteiger partial charge in [-0.15, -0.1) is 12.4 Å². The molecule has 1 saturated heterocycles. The van der Waals surface area contributed by atoms with Crippen molar-refractivity contribution in [2.75, 3.05) is 13.1 Å². The van der Waals surface area contributed by atoms with Crippen LogP contribution >= 0.6 is 28.3 Å². The Morgan fingerprint density at radius 2 is 1.94 bits per heavy atom. The molecule has 1 heterocycles. The molecule has 2 nitrogen and oxygen atoms in total. The van der Waals surface area contributed by atoms with Gasteiger partial charge in [-0.3, -0.25) is 0 Å². The Kier molecular flexibility index (Phi) is 6.47. The lowest BCUT2D eigenvalue weighted by molar-refractivity contribution is 0.161. The first-order valence-corrected chi connectivity index (χ1v) is 7.13. The van der Waals surface area contributed by atoms with Crippen LogP contribution in [0, 0.1) is 0 Å². The van der Waals surface area contributed by atoms with Crippen molar-refractivity contribution in [1.29, 1.82) is 0 Å². The molecular weight excluding hydrogens is 314 g/mol. The van der Waals surface area contributed by atoms with Crippen molar-refractivity contribution in [2.24, 2.45) is 0 Å². The Morgan fingerprint density at radius 1 is 1.28 bits per heavy atom. The molecule has 1 aromatic carbocycles. The third kappa shape index (κ3) is 4.15. The summed E-state index contributed by atoms with van der Waals surface area (Å²) in [5.74, 6) is 1.53. The maximum Gasteiger partial charge on any atom is 0.133 e. The number of rotatable bonds is 3. The Hall–Kier alpha value is -0.250. The van der Waals surface area contributed by atoms with Gasteiger partial charge in [0.15, 0.2) is 0 Å². The highest BCUT2D eigenvalue weighted by atomic mass is 79.9. The third-order valence-electron chi connectivity index (χ3n) is 3.20. The standard InChI is InChI=1S/C14H20BrNO.ClH/c1-10(2)11-3-4-14(13(15)9-11)17-12-5-7-16-8-6-12;/h3-4,9-10,12,16H,5-8H2,1-2H3;1H. The number of benzene rings is 1. The predicted molar refractivity (Wildman–Crippen MR) is 82.0 cm³/mol. The molecule has 0 aliphatic carbocycles. The molecular formula is C14H21BrClNO. The molecule has 1 aliphatic heterocycles. The Labute approximate surface area is 124 Å². The molecule has 18 heavy (non-hydrogen) atoms. The van der Waals surface area contributed by atoms with E-state index in [-0.39, 0.29) is 12.4 Å². The highest BCUT2D eigenvalue weighted by Gasteiger charge is 2.16. The maximum absolute atomic E-state index is 6.03. The first kappa shape index (κ1) is 15.8. The number of hydrogen-bond donors (Lipinski definition) is 1. The van der Waals surface area contributed by atoms with Gasteiger partial charge in [0.2, 0.25) is 0 Å². The van der Waals surface area contributed by atoms with Crippen LogP contribution in [0.1, 0.15) is 38.2 Å². The SMILES string of the molecule is CC(C)c1ccc(OC2CCNCC2)c(Br)c1.Cl. The molecule has 0 unspecified atom stereocenters. The lowest BCUT2D eigenvalue weighted by Gasteiger charge is -2.24. The summed E-state index contributed by atoms with van der Waals surface area (Å²) in [5, 5.41) is 3.35. The molecule has 102 valence electrons. The second-order valence-electron chi connectivity index (χ2n) is 4.91. The van der Waals surface area contributed by atoms with Crippen molar-refractivity contribution >= 4 is 28.3 Å². The number of piperidine rings is 1. The van der Waals surface area contributed by atoms with Gasteiger partial charge in [-0.05, 0) is 65.5 Å². The van der Waals surface area contributed by atoms with E-state index in [4.69, 9.17) is 4.74 Å². The van der Waals surface area contributed by atoms with E-state index in [0.717, 1.165) is 36.2 Å². The molecule has 0 radical (unpaired) electrons. The lowest BCUT2D eigenvalue weighted by Crippen LogP contribution is -2.34. The van der Waals surface area contributed by atoms with E-state index >= 15 is 0 Å². The second kappa shape index (κ2) is 7.37. The van der Waals surface area contributed by atoms with Crippen LogP contribution in [0.5, 0.6) is 5.75 Å². The molecule has 4 heteroatoms. The van der Waals surface area contributed by atoms with Crippen molar-refractivity contribution in [3.63, 3.8) is 0 Å².